The van der Waals surface area contributed by atoms with E-state index in [0.717, 1.165) is 0 Å². The molecule has 0 spiro atoms. The van der Waals surface area contributed by atoms with Crippen LogP contribution in [-0.4, -0.2) is 49.8 Å². The van der Waals surface area contributed by atoms with Gasteiger partial charge in [-0.2, -0.15) is 0 Å². The summed E-state index contributed by atoms with van der Waals surface area (Å²) >= 11 is 0. The topological polar surface area (TPSA) is 51.7 Å². The first-order valence-corrected chi connectivity index (χ1v) is 9.96. The molecular formula is C20H23B3F2N2O3. The van der Waals surface area contributed by atoms with Gasteiger partial charge in [0.15, 0.2) is 0 Å². The minimum absolute atomic E-state index is 0.176. The van der Waals surface area contributed by atoms with Crippen molar-refractivity contribution in [3.8, 4) is 0 Å². The van der Waals surface area contributed by atoms with Crippen LogP contribution in [0.5, 0.6) is 0 Å². The van der Waals surface area contributed by atoms with Crippen molar-refractivity contribution in [1.82, 2.24) is 9.88 Å². The average Bonchev–Trinajstić information content (AvgIpc) is 2.98. The lowest BCUT2D eigenvalue weighted by molar-refractivity contribution is 0.00578. The zero-order valence-corrected chi connectivity index (χ0v) is 18.0. The van der Waals surface area contributed by atoms with Crippen LogP contribution in [-0.2, 0) is 21.2 Å². The van der Waals surface area contributed by atoms with E-state index in [2.05, 4.69) is 4.98 Å². The molecule has 1 saturated heterocycles. The molecule has 0 unspecified atom stereocenters. The largest absolute Gasteiger partial charge is 0.495 e. The van der Waals surface area contributed by atoms with Gasteiger partial charge in [0.05, 0.1) is 29.0 Å². The minimum atomic E-state index is -0.869. The van der Waals surface area contributed by atoms with Crippen LogP contribution in [0.2, 0.25) is 0 Å². The number of halogens is 2. The van der Waals surface area contributed by atoms with E-state index in [1.807, 2.05) is 43.4 Å². The lowest BCUT2D eigenvalue weighted by Crippen LogP contribution is -2.45. The molecule has 1 aromatic heterocycles. The summed E-state index contributed by atoms with van der Waals surface area (Å²) in [6.07, 6.45) is 1.61. The molecule has 1 amide bonds. The minimum Gasteiger partial charge on any atom is -0.399 e. The Morgan fingerprint density at radius 2 is 1.67 bits per heavy atom. The molecule has 2 aromatic rings. The second kappa shape index (κ2) is 6.66. The third kappa shape index (κ3) is 3.08. The average molecular weight is 410 g/mol. The highest BCUT2D eigenvalue weighted by molar-refractivity contribution is 6.62. The number of carbonyl (C=O) groups is 1. The summed E-state index contributed by atoms with van der Waals surface area (Å²) in [6.45, 7) is 7.30. The van der Waals surface area contributed by atoms with Crippen molar-refractivity contribution in [1.29, 1.82) is 0 Å². The Bertz CT molecular complexity index is 1010. The molecule has 3 heterocycles. The standard InChI is InChI=1S/C20H23B3F2N2O3/c1-18(2)19(3,4)30-23(29-18)11-8-14(24)13(15(25)9-11)10-27-17(28)12-6-5-7-26-16(12)20(27,21)22/h5-9H,10,21-22H2,1-4H3. The molecule has 0 atom stereocenters. The Kier molecular flexibility index (Phi) is 4.67. The van der Waals surface area contributed by atoms with Gasteiger partial charge in [0.2, 0.25) is 0 Å². The molecule has 0 aliphatic carbocycles. The molecule has 2 aliphatic heterocycles. The Morgan fingerprint density at radius 3 is 2.20 bits per heavy atom. The summed E-state index contributed by atoms with van der Waals surface area (Å²) in [7, 11) is 2.77. The number of pyridine rings is 1. The van der Waals surface area contributed by atoms with Crippen LogP contribution in [0.3, 0.4) is 0 Å². The second-order valence-corrected chi connectivity index (χ2v) is 9.40. The monoisotopic (exact) mass is 410 g/mol. The predicted octanol–water partition coefficient (Wildman–Crippen LogP) is 0.691. The number of hydrogen-bond acceptors (Lipinski definition) is 4. The molecule has 0 saturated carbocycles. The van der Waals surface area contributed by atoms with E-state index >= 15 is 8.78 Å². The second-order valence-electron chi connectivity index (χ2n) is 9.40. The fraction of sp³-hybridized carbons (Fsp3) is 0.400. The highest BCUT2D eigenvalue weighted by atomic mass is 19.1. The van der Waals surface area contributed by atoms with Gasteiger partial charge in [0.25, 0.3) is 5.91 Å². The maximum Gasteiger partial charge on any atom is 0.495 e. The van der Waals surface area contributed by atoms with Crippen molar-refractivity contribution in [3.63, 3.8) is 0 Å². The SMILES string of the molecule is BC1(B)c2ncccc2C(=O)N1Cc1c(F)cc(B2OC(C)(C)C(C)(C)O2)cc1F. The van der Waals surface area contributed by atoms with Crippen LogP contribution < -0.4 is 5.46 Å². The highest BCUT2D eigenvalue weighted by Crippen LogP contribution is 2.37. The van der Waals surface area contributed by atoms with E-state index in [1.54, 1.807) is 18.3 Å². The Balaban J connectivity index is 1.64. The molecule has 10 heteroatoms. The van der Waals surface area contributed by atoms with Gasteiger partial charge in [-0.25, -0.2) is 8.78 Å². The number of hydrogen-bond donors (Lipinski definition) is 0. The number of fused-ring (bicyclic) bond motifs is 1. The van der Waals surface area contributed by atoms with Gasteiger partial charge in [-0.1, -0.05) is 0 Å². The summed E-state index contributed by atoms with van der Waals surface area (Å²) in [6, 6.07) is 5.80. The molecule has 0 radical (unpaired) electrons. The summed E-state index contributed by atoms with van der Waals surface area (Å²) in [4.78, 5) is 18.6. The summed E-state index contributed by atoms with van der Waals surface area (Å²) in [5.41, 5.74) is -0.0852. The van der Waals surface area contributed by atoms with Crippen molar-refractivity contribution < 1.29 is 22.9 Å². The molecule has 0 bridgehead atoms. The third-order valence-electron chi connectivity index (χ3n) is 6.54. The first-order chi connectivity index (χ1) is 13.8. The molecule has 1 fully saturated rings. The summed E-state index contributed by atoms with van der Waals surface area (Å²) < 4.78 is 41.8. The van der Waals surface area contributed by atoms with Crippen LogP contribution >= 0.6 is 0 Å². The van der Waals surface area contributed by atoms with E-state index < -0.39 is 35.3 Å². The number of benzene rings is 1. The Hall–Kier alpha value is -2.19. The maximum absolute atomic E-state index is 15.0. The van der Waals surface area contributed by atoms with Crippen molar-refractivity contribution in [2.45, 2.75) is 50.8 Å². The van der Waals surface area contributed by atoms with Crippen LogP contribution in [0, 0.1) is 11.6 Å². The van der Waals surface area contributed by atoms with Gasteiger partial charge in [0.1, 0.15) is 27.3 Å². The fourth-order valence-corrected chi connectivity index (χ4v) is 3.91. The summed E-state index contributed by atoms with van der Waals surface area (Å²) in [5, 5.41) is -0.781. The molecular weight excluding hydrogens is 387 g/mol. The van der Waals surface area contributed by atoms with E-state index in [0.29, 0.717) is 11.3 Å². The Morgan fingerprint density at radius 1 is 1.10 bits per heavy atom. The zero-order valence-electron chi connectivity index (χ0n) is 18.0. The molecule has 4 rings (SSSR count). The van der Waals surface area contributed by atoms with E-state index in [1.165, 1.54) is 17.0 Å². The molecule has 154 valence electrons. The van der Waals surface area contributed by atoms with Gasteiger partial charge < -0.3 is 14.2 Å². The van der Waals surface area contributed by atoms with Crippen LogP contribution in [0.25, 0.3) is 0 Å². The number of aromatic nitrogens is 1. The molecule has 30 heavy (non-hydrogen) atoms. The van der Waals surface area contributed by atoms with Crippen molar-refractivity contribution in [2.75, 3.05) is 0 Å². The fourth-order valence-electron chi connectivity index (χ4n) is 3.91. The van der Waals surface area contributed by atoms with Gasteiger partial charge >= 0.3 is 7.12 Å². The predicted molar refractivity (Wildman–Crippen MR) is 115 cm³/mol. The van der Waals surface area contributed by atoms with Gasteiger partial charge in [0, 0.05) is 17.1 Å². The normalized spacial score (nSPS) is 21.2. The number of nitrogens with zero attached hydrogens (tertiary/aromatic N) is 2. The quantitative estimate of drug-likeness (QED) is 0.700. The lowest BCUT2D eigenvalue weighted by atomic mass is 9.59. The van der Waals surface area contributed by atoms with Crippen LogP contribution in [0.15, 0.2) is 30.5 Å². The molecule has 5 nitrogen and oxygen atoms in total. The first kappa shape index (κ1) is 21.1. The highest BCUT2D eigenvalue weighted by Gasteiger charge is 2.52. The molecule has 0 N–H and O–H groups in total. The maximum atomic E-state index is 15.0. The van der Waals surface area contributed by atoms with E-state index in [-0.39, 0.29) is 23.5 Å². The van der Waals surface area contributed by atoms with Crippen molar-refractivity contribution in [2.24, 2.45) is 0 Å². The number of carbonyl (C=O) groups excluding carboxylic acids is 1. The van der Waals surface area contributed by atoms with Crippen LogP contribution in [0.1, 0.15) is 49.3 Å². The van der Waals surface area contributed by atoms with Crippen molar-refractivity contribution >= 4 is 34.2 Å². The van der Waals surface area contributed by atoms with Gasteiger partial charge in [-0.3, -0.25) is 9.78 Å². The molecule has 2 aliphatic rings. The smallest absolute Gasteiger partial charge is 0.399 e. The van der Waals surface area contributed by atoms with Crippen LogP contribution in [0.4, 0.5) is 8.78 Å². The van der Waals surface area contributed by atoms with Crippen molar-refractivity contribution in [3.05, 3.63) is 58.9 Å². The lowest BCUT2D eigenvalue weighted by Gasteiger charge is -2.32. The molecule has 1 aromatic carbocycles. The van der Waals surface area contributed by atoms with Gasteiger partial charge in [-0.15, -0.1) is 0 Å². The van der Waals surface area contributed by atoms with E-state index in [4.69, 9.17) is 9.31 Å². The number of rotatable bonds is 3. The zero-order chi connectivity index (χ0) is 22.1. The Labute approximate surface area is 177 Å². The number of amides is 1. The summed E-state index contributed by atoms with van der Waals surface area (Å²) in [5.74, 6) is -1.78. The van der Waals surface area contributed by atoms with E-state index in [9.17, 15) is 4.79 Å². The third-order valence-corrected chi connectivity index (χ3v) is 6.54. The van der Waals surface area contributed by atoms with Gasteiger partial charge in [-0.05, 0) is 57.4 Å². The first-order valence-electron chi connectivity index (χ1n) is 9.96.